The second kappa shape index (κ2) is 7.10. The predicted molar refractivity (Wildman–Crippen MR) is 98.3 cm³/mol. The normalized spacial score (nSPS) is 11.3. The highest BCUT2D eigenvalue weighted by Crippen LogP contribution is 2.32. The highest BCUT2D eigenvalue weighted by molar-refractivity contribution is 5.96. The Balaban J connectivity index is 1.66. The quantitative estimate of drug-likeness (QED) is 0.546. The molecule has 128 valence electrons. The molecule has 0 radical (unpaired) electrons. The van der Waals surface area contributed by atoms with Crippen molar-refractivity contribution in [3.63, 3.8) is 0 Å². The zero-order chi connectivity index (χ0) is 17.8. The number of H-pyrrole nitrogens is 1. The number of ether oxygens (including phenoxy) is 1. The van der Waals surface area contributed by atoms with E-state index in [0.29, 0.717) is 12.4 Å². The van der Waals surface area contributed by atoms with Crippen LogP contribution in [0.15, 0.2) is 71.5 Å². The fourth-order valence-corrected chi connectivity index (χ4v) is 2.68. The minimum Gasteiger partial charge on any atom is -0.497 e. The molecule has 0 aliphatic heterocycles. The van der Waals surface area contributed by atoms with Gasteiger partial charge in [-0.25, -0.2) is 9.97 Å². The SMILES string of the molecule is COc1cccc(-c2c[nH]c3c(N=NCc4ccncc4)ncnc23)c1. The van der Waals surface area contributed by atoms with E-state index in [-0.39, 0.29) is 0 Å². The first-order valence-corrected chi connectivity index (χ1v) is 8.08. The summed E-state index contributed by atoms with van der Waals surface area (Å²) in [6, 6.07) is 11.6. The van der Waals surface area contributed by atoms with Crippen LogP contribution < -0.4 is 4.74 Å². The van der Waals surface area contributed by atoms with E-state index in [2.05, 4.69) is 30.2 Å². The van der Waals surface area contributed by atoms with Crippen LogP contribution >= 0.6 is 0 Å². The molecule has 0 saturated carbocycles. The van der Waals surface area contributed by atoms with Gasteiger partial charge in [-0.2, -0.15) is 5.11 Å². The van der Waals surface area contributed by atoms with E-state index in [0.717, 1.165) is 33.5 Å². The van der Waals surface area contributed by atoms with Crippen molar-refractivity contribution in [2.45, 2.75) is 6.54 Å². The van der Waals surface area contributed by atoms with Gasteiger partial charge in [-0.3, -0.25) is 4.98 Å². The summed E-state index contributed by atoms with van der Waals surface area (Å²) in [5, 5.41) is 8.51. The Kier molecular flexibility index (Phi) is 4.34. The van der Waals surface area contributed by atoms with Gasteiger partial charge in [0.15, 0.2) is 0 Å². The zero-order valence-corrected chi connectivity index (χ0v) is 14.1. The lowest BCUT2D eigenvalue weighted by Gasteiger charge is -2.03. The highest BCUT2D eigenvalue weighted by Gasteiger charge is 2.12. The van der Waals surface area contributed by atoms with Gasteiger partial charge in [0.25, 0.3) is 0 Å². The molecule has 0 spiro atoms. The number of hydrogen-bond donors (Lipinski definition) is 1. The lowest BCUT2D eigenvalue weighted by molar-refractivity contribution is 0.415. The van der Waals surface area contributed by atoms with Crippen molar-refractivity contribution in [3.8, 4) is 16.9 Å². The molecule has 1 aromatic carbocycles. The molecular formula is C19H16N6O. The van der Waals surface area contributed by atoms with Crippen LogP contribution in [0.4, 0.5) is 5.82 Å². The molecule has 3 heterocycles. The number of fused-ring (bicyclic) bond motifs is 1. The lowest BCUT2D eigenvalue weighted by atomic mass is 10.1. The molecule has 0 saturated heterocycles. The summed E-state index contributed by atoms with van der Waals surface area (Å²) < 4.78 is 5.30. The first-order valence-electron chi connectivity index (χ1n) is 8.08. The summed E-state index contributed by atoms with van der Waals surface area (Å²) in [6.07, 6.45) is 6.87. The molecule has 3 aromatic heterocycles. The van der Waals surface area contributed by atoms with Gasteiger partial charge in [-0.15, -0.1) is 5.11 Å². The highest BCUT2D eigenvalue weighted by atomic mass is 16.5. The van der Waals surface area contributed by atoms with E-state index in [1.165, 1.54) is 6.33 Å². The van der Waals surface area contributed by atoms with Crippen LogP contribution in [0.1, 0.15) is 5.56 Å². The molecule has 0 unspecified atom stereocenters. The van der Waals surface area contributed by atoms with E-state index in [1.807, 2.05) is 42.6 Å². The number of rotatable bonds is 5. The number of methoxy groups -OCH3 is 1. The van der Waals surface area contributed by atoms with Gasteiger partial charge in [-0.1, -0.05) is 12.1 Å². The van der Waals surface area contributed by atoms with Crippen molar-refractivity contribution < 1.29 is 4.74 Å². The molecule has 0 fully saturated rings. The van der Waals surface area contributed by atoms with E-state index in [9.17, 15) is 0 Å². The van der Waals surface area contributed by atoms with Crippen molar-refractivity contribution in [1.82, 2.24) is 19.9 Å². The maximum Gasteiger partial charge on any atom is 0.201 e. The van der Waals surface area contributed by atoms with Gasteiger partial charge in [-0.05, 0) is 35.4 Å². The van der Waals surface area contributed by atoms with Crippen molar-refractivity contribution in [3.05, 3.63) is 66.9 Å². The van der Waals surface area contributed by atoms with Crippen molar-refractivity contribution in [2.75, 3.05) is 7.11 Å². The lowest BCUT2D eigenvalue weighted by Crippen LogP contribution is -1.85. The molecule has 0 atom stereocenters. The number of hydrogen-bond acceptors (Lipinski definition) is 6. The molecule has 4 aromatic rings. The summed E-state index contributed by atoms with van der Waals surface area (Å²) in [7, 11) is 1.65. The van der Waals surface area contributed by atoms with Gasteiger partial charge in [0.05, 0.1) is 13.7 Å². The van der Waals surface area contributed by atoms with Gasteiger partial charge >= 0.3 is 0 Å². The number of nitrogens with zero attached hydrogens (tertiary/aromatic N) is 5. The summed E-state index contributed by atoms with van der Waals surface area (Å²) in [4.78, 5) is 15.8. The molecule has 7 nitrogen and oxygen atoms in total. The maximum atomic E-state index is 5.30. The number of azo groups is 1. The average molecular weight is 344 g/mol. The summed E-state index contributed by atoms with van der Waals surface area (Å²) in [5.41, 5.74) is 4.56. The van der Waals surface area contributed by atoms with E-state index in [1.54, 1.807) is 19.5 Å². The molecule has 0 bridgehead atoms. The second-order valence-electron chi connectivity index (χ2n) is 5.61. The predicted octanol–water partition coefficient (Wildman–Crippen LogP) is 4.31. The van der Waals surface area contributed by atoms with E-state index >= 15 is 0 Å². The van der Waals surface area contributed by atoms with Crippen LogP contribution in [-0.2, 0) is 6.54 Å². The molecule has 1 N–H and O–H groups in total. The fourth-order valence-electron chi connectivity index (χ4n) is 2.68. The Morgan fingerprint density at radius 3 is 2.85 bits per heavy atom. The van der Waals surface area contributed by atoms with Crippen LogP contribution in [0.3, 0.4) is 0 Å². The van der Waals surface area contributed by atoms with Gasteiger partial charge in [0.2, 0.25) is 5.82 Å². The Morgan fingerprint density at radius 1 is 1.12 bits per heavy atom. The van der Waals surface area contributed by atoms with Gasteiger partial charge in [0.1, 0.15) is 23.1 Å². The van der Waals surface area contributed by atoms with Gasteiger partial charge < -0.3 is 9.72 Å². The van der Waals surface area contributed by atoms with Crippen LogP contribution in [-0.4, -0.2) is 27.0 Å². The minimum absolute atomic E-state index is 0.470. The molecule has 7 heteroatoms. The molecule has 4 rings (SSSR count). The number of aromatic amines is 1. The summed E-state index contributed by atoms with van der Waals surface area (Å²) >= 11 is 0. The number of pyridine rings is 1. The number of benzene rings is 1. The van der Waals surface area contributed by atoms with Crippen molar-refractivity contribution in [1.29, 1.82) is 0 Å². The third-order valence-corrected chi connectivity index (χ3v) is 3.99. The van der Waals surface area contributed by atoms with E-state index in [4.69, 9.17) is 4.74 Å². The Bertz CT molecular complexity index is 1060. The van der Waals surface area contributed by atoms with Crippen LogP contribution in [0.2, 0.25) is 0 Å². The molecule has 26 heavy (non-hydrogen) atoms. The van der Waals surface area contributed by atoms with Crippen LogP contribution in [0.25, 0.3) is 22.2 Å². The van der Waals surface area contributed by atoms with Crippen LogP contribution in [0, 0.1) is 0 Å². The first-order chi connectivity index (χ1) is 12.8. The van der Waals surface area contributed by atoms with E-state index < -0.39 is 0 Å². The largest absolute Gasteiger partial charge is 0.497 e. The molecule has 0 aliphatic carbocycles. The number of nitrogens with one attached hydrogen (secondary N) is 1. The third-order valence-electron chi connectivity index (χ3n) is 3.99. The van der Waals surface area contributed by atoms with Crippen molar-refractivity contribution >= 4 is 16.9 Å². The zero-order valence-electron chi connectivity index (χ0n) is 14.1. The number of aromatic nitrogens is 4. The minimum atomic E-state index is 0.470. The van der Waals surface area contributed by atoms with Crippen LogP contribution in [0.5, 0.6) is 5.75 Å². The monoisotopic (exact) mass is 344 g/mol. The summed E-state index contributed by atoms with van der Waals surface area (Å²) in [5.74, 6) is 1.31. The second-order valence-corrected chi connectivity index (χ2v) is 5.61. The topological polar surface area (TPSA) is 88.4 Å². The molecule has 0 amide bonds. The Hall–Kier alpha value is -3.61. The molecular weight excluding hydrogens is 328 g/mol. The third kappa shape index (κ3) is 3.14. The Morgan fingerprint density at radius 2 is 2.00 bits per heavy atom. The summed E-state index contributed by atoms with van der Waals surface area (Å²) in [6.45, 7) is 0.470. The Labute approximate surface area is 149 Å². The standard InChI is InChI=1S/C19H16N6O/c1-26-15-4-2-3-14(9-15)16-11-21-18-17(16)22-12-23-19(18)25-24-10-13-5-7-20-8-6-13/h2-9,11-12,21H,10H2,1H3. The first kappa shape index (κ1) is 15.9. The van der Waals surface area contributed by atoms with Crippen molar-refractivity contribution in [2.24, 2.45) is 10.2 Å². The average Bonchev–Trinajstić information content (AvgIpc) is 3.14. The van der Waals surface area contributed by atoms with Gasteiger partial charge in [0, 0.05) is 24.2 Å². The fraction of sp³-hybridized carbons (Fsp3) is 0.105. The maximum absolute atomic E-state index is 5.30. The molecule has 0 aliphatic rings. The smallest absolute Gasteiger partial charge is 0.201 e.